The number of amides is 1. The second-order valence-corrected chi connectivity index (χ2v) is 6.77. The molecule has 0 spiro atoms. The summed E-state index contributed by atoms with van der Waals surface area (Å²) >= 11 is 0. The van der Waals surface area contributed by atoms with Crippen molar-refractivity contribution in [1.29, 1.82) is 0 Å². The Morgan fingerprint density at radius 3 is 2.55 bits per heavy atom. The molecule has 29 heavy (non-hydrogen) atoms. The number of nitro benzene ring substituents is 1. The van der Waals surface area contributed by atoms with Crippen LogP contribution in [-0.4, -0.2) is 34.2 Å². The van der Waals surface area contributed by atoms with Crippen LogP contribution in [0.3, 0.4) is 0 Å². The number of ether oxygens (including phenoxy) is 2. The van der Waals surface area contributed by atoms with E-state index in [1.807, 2.05) is 26.0 Å². The first kappa shape index (κ1) is 18.5. The average Bonchev–Trinajstić information content (AvgIpc) is 3.14. The minimum Gasteiger partial charge on any atom is -0.486 e. The van der Waals surface area contributed by atoms with Gasteiger partial charge >= 0.3 is 0 Å². The van der Waals surface area contributed by atoms with E-state index >= 15 is 0 Å². The molecular weight excluding hydrogens is 376 g/mol. The van der Waals surface area contributed by atoms with Crippen molar-refractivity contribution in [2.75, 3.05) is 18.5 Å². The van der Waals surface area contributed by atoms with Crippen molar-refractivity contribution >= 4 is 17.4 Å². The van der Waals surface area contributed by atoms with E-state index < -0.39 is 10.8 Å². The molecule has 9 heteroatoms. The first-order valence-electron chi connectivity index (χ1n) is 8.94. The normalized spacial score (nSPS) is 12.5. The molecule has 0 saturated heterocycles. The van der Waals surface area contributed by atoms with Crippen molar-refractivity contribution in [3.63, 3.8) is 0 Å². The number of hydrogen-bond donors (Lipinski definition) is 2. The number of rotatable bonds is 4. The molecule has 0 saturated carbocycles. The topological polar surface area (TPSA) is 119 Å². The van der Waals surface area contributed by atoms with E-state index in [1.165, 1.54) is 12.1 Å². The lowest BCUT2D eigenvalue weighted by molar-refractivity contribution is -0.385. The number of nitro groups is 1. The monoisotopic (exact) mass is 394 g/mol. The maximum Gasteiger partial charge on any atom is 0.274 e. The standard InChI is InChI=1S/C20H18N4O5/c1-11-5-12(2)7-13(6-11)16-10-18(23-22-16)21-20(25)15-8-14(24(26)27)9-17-19(15)29-4-3-28-17/h5-10H,3-4H2,1-2H3,(H2,21,22,23,25). The van der Waals surface area contributed by atoms with Crippen LogP contribution in [0.1, 0.15) is 21.5 Å². The summed E-state index contributed by atoms with van der Waals surface area (Å²) in [7, 11) is 0. The van der Waals surface area contributed by atoms with Crippen molar-refractivity contribution in [1.82, 2.24) is 10.2 Å². The smallest absolute Gasteiger partial charge is 0.274 e. The number of non-ortho nitro benzene ring substituents is 1. The molecule has 2 N–H and O–H groups in total. The zero-order valence-electron chi connectivity index (χ0n) is 15.8. The van der Waals surface area contributed by atoms with E-state index in [-0.39, 0.29) is 36.0 Å². The summed E-state index contributed by atoms with van der Waals surface area (Å²) in [5.74, 6) is 0.0769. The summed E-state index contributed by atoms with van der Waals surface area (Å²) in [5, 5.41) is 20.9. The summed E-state index contributed by atoms with van der Waals surface area (Å²) < 4.78 is 10.9. The van der Waals surface area contributed by atoms with E-state index in [4.69, 9.17) is 9.47 Å². The van der Waals surface area contributed by atoms with Crippen LogP contribution in [0, 0.1) is 24.0 Å². The molecule has 0 radical (unpaired) electrons. The third-order valence-electron chi connectivity index (χ3n) is 4.43. The SMILES string of the molecule is Cc1cc(C)cc(-c2cc(NC(=O)c3cc([N+](=O)[O-])cc4c3OCCO4)n[nH]2)c1. The Hall–Kier alpha value is -3.88. The molecule has 2 aromatic carbocycles. The molecule has 148 valence electrons. The molecule has 3 aromatic rings. The van der Waals surface area contributed by atoms with Crippen molar-refractivity contribution in [3.05, 3.63) is 63.2 Å². The Morgan fingerprint density at radius 1 is 1.10 bits per heavy atom. The molecule has 1 aliphatic heterocycles. The lowest BCUT2D eigenvalue weighted by atomic mass is 10.1. The molecule has 1 aromatic heterocycles. The highest BCUT2D eigenvalue weighted by atomic mass is 16.6. The summed E-state index contributed by atoms with van der Waals surface area (Å²) in [6, 6.07) is 10.2. The molecule has 0 aliphatic carbocycles. The average molecular weight is 394 g/mol. The Bertz CT molecular complexity index is 1100. The van der Waals surface area contributed by atoms with Gasteiger partial charge in [-0.05, 0) is 26.0 Å². The van der Waals surface area contributed by atoms with Gasteiger partial charge in [-0.2, -0.15) is 5.10 Å². The molecule has 0 atom stereocenters. The fraction of sp³-hybridized carbons (Fsp3) is 0.200. The molecule has 9 nitrogen and oxygen atoms in total. The summed E-state index contributed by atoms with van der Waals surface area (Å²) in [6.45, 7) is 4.52. The van der Waals surface area contributed by atoms with Gasteiger partial charge in [0.15, 0.2) is 17.3 Å². The quantitative estimate of drug-likeness (QED) is 0.515. The first-order valence-corrected chi connectivity index (χ1v) is 8.94. The number of carbonyl (C=O) groups excluding carboxylic acids is 1. The second-order valence-electron chi connectivity index (χ2n) is 6.77. The van der Waals surface area contributed by atoms with E-state index in [1.54, 1.807) is 6.07 Å². The first-order chi connectivity index (χ1) is 13.9. The van der Waals surface area contributed by atoms with Gasteiger partial charge in [0.25, 0.3) is 11.6 Å². The Morgan fingerprint density at radius 2 is 1.83 bits per heavy atom. The summed E-state index contributed by atoms with van der Waals surface area (Å²) in [4.78, 5) is 23.4. The zero-order valence-corrected chi connectivity index (χ0v) is 15.8. The number of hydrogen-bond acceptors (Lipinski definition) is 6. The fourth-order valence-electron chi connectivity index (χ4n) is 3.26. The number of H-pyrrole nitrogens is 1. The molecule has 0 unspecified atom stereocenters. The van der Waals surface area contributed by atoms with Crippen LogP contribution in [0.25, 0.3) is 11.3 Å². The summed E-state index contributed by atoms with van der Waals surface area (Å²) in [6.07, 6.45) is 0. The minimum atomic E-state index is -0.582. The van der Waals surface area contributed by atoms with Crippen molar-refractivity contribution < 1.29 is 19.2 Å². The van der Waals surface area contributed by atoms with Gasteiger partial charge in [-0.1, -0.05) is 17.2 Å². The third-order valence-corrected chi connectivity index (χ3v) is 4.43. The predicted molar refractivity (Wildman–Crippen MR) is 106 cm³/mol. The van der Waals surface area contributed by atoms with E-state index in [0.29, 0.717) is 5.82 Å². The van der Waals surface area contributed by atoms with Crippen molar-refractivity contribution in [2.45, 2.75) is 13.8 Å². The van der Waals surface area contributed by atoms with Crippen LogP contribution in [0.5, 0.6) is 11.5 Å². The fourth-order valence-corrected chi connectivity index (χ4v) is 3.26. The highest BCUT2D eigenvalue weighted by Crippen LogP contribution is 2.38. The van der Waals surface area contributed by atoms with Gasteiger partial charge < -0.3 is 14.8 Å². The molecule has 0 bridgehead atoms. The number of benzene rings is 2. The molecular formula is C20H18N4O5. The van der Waals surface area contributed by atoms with Crippen LogP contribution < -0.4 is 14.8 Å². The Balaban J connectivity index is 1.63. The number of anilines is 1. The van der Waals surface area contributed by atoms with Gasteiger partial charge in [0.05, 0.1) is 22.2 Å². The van der Waals surface area contributed by atoms with Gasteiger partial charge in [0.1, 0.15) is 13.2 Å². The van der Waals surface area contributed by atoms with Gasteiger partial charge in [-0.3, -0.25) is 20.0 Å². The summed E-state index contributed by atoms with van der Waals surface area (Å²) in [5.41, 5.74) is 3.68. The number of aromatic amines is 1. The molecule has 0 fully saturated rings. The third kappa shape index (κ3) is 3.75. The van der Waals surface area contributed by atoms with Crippen molar-refractivity contribution in [2.24, 2.45) is 0 Å². The lowest BCUT2D eigenvalue weighted by Gasteiger charge is -2.20. The van der Waals surface area contributed by atoms with Gasteiger partial charge in [-0.25, -0.2) is 0 Å². The van der Waals surface area contributed by atoms with Crippen LogP contribution >= 0.6 is 0 Å². The number of aromatic nitrogens is 2. The maximum absolute atomic E-state index is 12.8. The zero-order chi connectivity index (χ0) is 20.5. The highest BCUT2D eigenvalue weighted by molar-refractivity contribution is 6.07. The minimum absolute atomic E-state index is 0.0184. The van der Waals surface area contributed by atoms with Gasteiger partial charge in [-0.15, -0.1) is 0 Å². The maximum atomic E-state index is 12.8. The predicted octanol–water partition coefficient (Wildman–Crippen LogP) is 3.63. The molecule has 2 heterocycles. The van der Waals surface area contributed by atoms with Crippen LogP contribution in [0.15, 0.2) is 36.4 Å². The van der Waals surface area contributed by atoms with Crippen LogP contribution in [0.4, 0.5) is 11.5 Å². The van der Waals surface area contributed by atoms with Crippen LogP contribution in [0.2, 0.25) is 0 Å². The Kier molecular flexibility index (Phi) is 4.63. The van der Waals surface area contributed by atoms with Gasteiger partial charge in [0.2, 0.25) is 0 Å². The number of aryl methyl sites for hydroxylation is 2. The largest absolute Gasteiger partial charge is 0.486 e. The number of nitrogens with zero attached hydrogens (tertiary/aromatic N) is 2. The highest BCUT2D eigenvalue weighted by Gasteiger charge is 2.26. The number of fused-ring (bicyclic) bond motifs is 1. The van der Waals surface area contributed by atoms with E-state index in [0.717, 1.165) is 22.4 Å². The second kappa shape index (κ2) is 7.27. The van der Waals surface area contributed by atoms with E-state index in [2.05, 4.69) is 21.6 Å². The van der Waals surface area contributed by atoms with E-state index in [9.17, 15) is 14.9 Å². The molecule has 1 amide bonds. The Labute approximate surface area is 165 Å². The number of nitrogens with one attached hydrogen (secondary N) is 2. The molecule has 1 aliphatic rings. The molecule has 4 rings (SSSR count). The van der Waals surface area contributed by atoms with Gasteiger partial charge in [0, 0.05) is 17.7 Å². The lowest BCUT2D eigenvalue weighted by Crippen LogP contribution is -2.20. The number of carbonyl (C=O) groups is 1. The van der Waals surface area contributed by atoms with Crippen molar-refractivity contribution in [3.8, 4) is 22.8 Å². The van der Waals surface area contributed by atoms with Crippen LogP contribution in [-0.2, 0) is 0 Å².